The third kappa shape index (κ3) is 6.97. The summed E-state index contributed by atoms with van der Waals surface area (Å²) in [7, 11) is 2.07. The van der Waals surface area contributed by atoms with Crippen LogP contribution in [-0.4, -0.2) is 37.0 Å². The van der Waals surface area contributed by atoms with Gasteiger partial charge in [0.15, 0.2) is 0 Å². The Bertz CT molecular complexity index is 431. The van der Waals surface area contributed by atoms with Crippen molar-refractivity contribution in [2.75, 3.05) is 20.1 Å². The summed E-state index contributed by atoms with van der Waals surface area (Å²) in [6, 6.07) is 10.6. The molecule has 22 heavy (non-hydrogen) atoms. The van der Waals surface area contributed by atoms with Crippen LogP contribution in [0.2, 0.25) is 0 Å². The number of benzene rings is 1. The van der Waals surface area contributed by atoms with Crippen molar-refractivity contribution in [1.82, 2.24) is 10.2 Å². The number of rotatable bonds is 6. The Morgan fingerprint density at radius 1 is 1.27 bits per heavy atom. The highest BCUT2D eigenvalue weighted by Gasteiger charge is 2.27. The molecule has 0 aromatic heterocycles. The zero-order valence-electron chi connectivity index (χ0n) is 13.0. The molecule has 1 saturated carbocycles. The third-order valence-electron chi connectivity index (χ3n) is 3.93. The van der Waals surface area contributed by atoms with E-state index in [0.29, 0.717) is 6.54 Å². The van der Waals surface area contributed by atoms with Gasteiger partial charge in [0.05, 0.1) is 0 Å². The molecular weight excluding hydrogens is 321 g/mol. The fraction of sp³-hybridized carbons (Fsp3) is 0.562. The van der Waals surface area contributed by atoms with Crippen LogP contribution in [0.25, 0.3) is 0 Å². The molecule has 4 nitrogen and oxygen atoms in total. The van der Waals surface area contributed by atoms with Gasteiger partial charge in [0.25, 0.3) is 0 Å². The predicted molar refractivity (Wildman–Crippen MR) is 95.6 cm³/mol. The predicted octanol–water partition coefficient (Wildman–Crippen LogP) is 2.21. The highest BCUT2D eigenvalue weighted by Crippen LogP contribution is 2.23. The summed E-state index contributed by atoms with van der Waals surface area (Å²) in [6.45, 7) is 2.47. The van der Waals surface area contributed by atoms with Crippen LogP contribution in [0.3, 0.4) is 0 Å². The minimum atomic E-state index is 0. The summed E-state index contributed by atoms with van der Waals surface area (Å²) < 4.78 is 0. The van der Waals surface area contributed by atoms with E-state index >= 15 is 0 Å². The van der Waals surface area contributed by atoms with Gasteiger partial charge in [-0.3, -0.25) is 4.79 Å². The van der Waals surface area contributed by atoms with Gasteiger partial charge in [0.1, 0.15) is 0 Å². The molecule has 1 amide bonds. The van der Waals surface area contributed by atoms with Crippen molar-refractivity contribution in [3.05, 3.63) is 35.9 Å². The van der Waals surface area contributed by atoms with Crippen molar-refractivity contribution in [1.29, 1.82) is 0 Å². The van der Waals surface area contributed by atoms with Crippen LogP contribution < -0.4 is 11.1 Å². The average molecular weight is 348 g/mol. The van der Waals surface area contributed by atoms with Crippen molar-refractivity contribution in [3.8, 4) is 0 Å². The monoisotopic (exact) mass is 347 g/mol. The number of halogens is 2. The van der Waals surface area contributed by atoms with Crippen LogP contribution in [0, 0.1) is 5.92 Å². The quantitative estimate of drug-likeness (QED) is 0.829. The lowest BCUT2D eigenvalue weighted by molar-refractivity contribution is -0.124. The number of carbonyl (C=O) groups excluding carboxylic acids is 1. The lowest BCUT2D eigenvalue weighted by Crippen LogP contribution is -2.36. The largest absolute Gasteiger partial charge is 0.355 e. The Morgan fingerprint density at radius 2 is 1.95 bits per heavy atom. The number of hydrogen-bond acceptors (Lipinski definition) is 3. The summed E-state index contributed by atoms with van der Waals surface area (Å²) in [6.07, 6.45) is 2.75. The summed E-state index contributed by atoms with van der Waals surface area (Å²) >= 11 is 0. The molecule has 0 saturated heterocycles. The Hall–Kier alpha value is -0.810. The molecule has 0 aliphatic heterocycles. The molecule has 6 heteroatoms. The molecule has 2 rings (SSSR count). The molecule has 126 valence electrons. The average Bonchev–Trinajstić information content (AvgIpc) is 2.86. The molecule has 0 heterocycles. The summed E-state index contributed by atoms with van der Waals surface area (Å²) in [4.78, 5) is 14.2. The molecule has 1 aliphatic carbocycles. The number of nitrogens with two attached hydrogens (primary N) is 1. The van der Waals surface area contributed by atoms with Crippen LogP contribution in [0.5, 0.6) is 0 Å². The SMILES string of the molecule is CN(CCNC(=O)C1CCC(N)C1)Cc1ccccc1.Cl.Cl. The number of hydrogen-bond donors (Lipinski definition) is 2. The first-order chi connectivity index (χ1) is 9.65. The molecule has 0 radical (unpaired) electrons. The lowest BCUT2D eigenvalue weighted by Gasteiger charge is -2.18. The van der Waals surface area contributed by atoms with Crippen molar-refractivity contribution >= 4 is 30.7 Å². The van der Waals surface area contributed by atoms with Crippen LogP contribution in [0.4, 0.5) is 0 Å². The molecular formula is C16H27Cl2N3O. The number of likely N-dealkylation sites (N-methyl/N-ethyl adjacent to an activating group) is 1. The maximum atomic E-state index is 11.9. The molecule has 1 aliphatic rings. The van der Waals surface area contributed by atoms with E-state index in [1.165, 1.54) is 5.56 Å². The van der Waals surface area contributed by atoms with Gasteiger partial charge in [-0.05, 0) is 31.9 Å². The number of amides is 1. The van der Waals surface area contributed by atoms with Crippen LogP contribution in [0.1, 0.15) is 24.8 Å². The maximum absolute atomic E-state index is 11.9. The van der Waals surface area contributed by atoms with Crippen molar-refractivity contribution in [2.45, 2.75) is 31.8 Å². The van der Waals surface area contributed by atoms with Gasteiger partial charge < -0.3 is 16.0 Å². The van der Waals surface area contributed by atoms with Crippen molar-refractivity contribution in [3.63, 3.8) is 0 Å². The number of carbonyl (C=O) groups is 1. The topological polar surface area (TPSA) is 58.4 Å². The van der Waals surface area contributed by atoms with Gasteiger partial charge in [0.2, 0.25) is 5.91 Å². The number of nitrogens with one attached hydrogen (secondary N) is 1. The first kappa shape index (κ1) is 21.2. The standard InChI is InChI=1S/C16H25N3O.2ClH/c1-19(12-13-5-3-2-4-6-13)10-9-18-16(20)14-7-8-15(17)11-14;;/h2-6,14-15H,7-12,17H2,1H3,(H,18,20);2*1H. The minimum absolute atomic E-state index is 0. The molecule has 1 aromatic rings. The number of nitrogens with zero attached hydrogens (tertiary/aromatic N) is 1. The molecule has 3 N–H and O–H groups in total. The van der Waals surface area contributed by atoms with E-state index in [-0.39, 0.29) is 42.7 Å². The molecule has 0 spiro atoms. The second-order valence-electron chi connectivity index (χ2n) is 5.78. The van der Waals surface area contributed by atoms with Crippen LogP contribution in [0.15, 0.2) is 30.3 Å². The maximum Gasteiger partial charge on any atom is 0.223 e. The summed E-state index contributed by atoms with van der Waals surface area (Å²) in [5.74, 6) is 0.301. The second kappa shape index (κ2) is 10.8. The van der Waals surface area contributed by atoms with Crippen molar-refractivity contribution < 1.29 is 4.79 Å². The lowest BCUT2D eigenvalue weighted by atomic mass is 10.1. The molecule has 0 bridgehead atoms. The summed E-state index contributed by atoms with van der Waals surface area (Å²) in [5, 5.41) is 3.03. The van der Waals surface area contributed by atoms with Crippen LogP contribution >= 0.6 is 24.8 Å². The smallest absolute Gasteiger partial charge is 0.223 e. The second-order valence-corrected chi connectivity index (χ2v) is 5.78. The van der Waals surface area contributed by atoms with Gasteiger partial charge >= 0.3 is 0 Å². The van der Waals surface area contributed by atoms with Gasteiger partial charge in [-0.2, -0.15) is 0 Å². The van der Waals surface area contributed by atoms with Gasteiger partial charge in [-0.25, -0.2) is 0 Å². The van der Waals surface area contributed by atoms with E-state index in [0.717, 1.165) is 32.4 Å². The van der Waals surface area contributed by atoms with Gasteiger partial charge in [-0.15, -0.1) is 24.8 Å². The Kier molecular flexibility index (Phi) is 10.4. The van der Waals surface area contributed by atoms with E-state index in [9.17, 15) is 4.79 Å². The Labute approximate surface area is 145 Å². The third-order valence-corrected chi connectivity index (χ3v) is 3.93. The zero-order valence-corrected chi connectivity index (χ0v) is 14.7. The highest BCUT2D eigenvalue weighted by atomic mass is 35.5. The Morgan fingerprint density at radius 3 is 2.55 bits per heavy atom. The molecule has 2 atom stereocenters. The zero-order chi connectivity index (χ0) is 14.4. The van der Waals surface area contributed by atoms with Gasteiger partial charge in [-0.1, -0.05) is 30.3 Å². The first-order valence-corrected chi connectivity index (χ1v) is 7.41. The van der Waals surface area contributed by atoms with Crippen molar-refractivity contribution in [2.24, 2.45) is 11.7 Å². The minimum Gasteiger partial charge on any atom is -0.355 e. The van der Waals surface area contributed by atoms with E-state index in [1.54, 1.807) is 0 Å². The normalized spacial score (nSPS) is 20.1. The van der Waals surface area contributed by atoms with E-state index in [2.05, 4.69) is 29.4 Å². The van der Waals surface area contributed by atoms with E-state index in [4.69, 9.17) is 5.73 Å². The summed E-state index contributed by atoms with van der Waals surface area (Å²) in [5.41, 5.74) is 7.13. The fourth-order valence-corrected chi connectivity index (χ4v) is 2.74. The molecule has 1 fully saturated rings. The fourth-order valence-electron chi connectivity index (χ4n) is 2.74. The first-order valence-electron chi connectivity index (χ1n) is 7.41. The van der Waals surface area contributed by atoms with Gasteiger partial charge in [0, 0.05) is 31.6 Å². The highest BCUT2D eigenvalue weighted by molar-refractivity contribution is 5.85. The van der Waals surface area contributed by atoms with Crippen LogP contribution in [-0.2, 0) is 11.3 Å². The molecule has 1 aromatic carbocycles. The Balaban J connectivity index is 0.00000220. The van der Waals surface area contributed by atoms with E-state index < -0.39 is 0 Å². The van der Waals surface area contributed by atoms with E-state index in [1.807, 2.05) is 18.2 Å². The molecule has 2 unspecified atom stereocenters.